The molecule has 3 rings (SSSR count). The summed E-state index contributed by atoms with van der Waals surface area (Å²) in [6, 6.07) is 10.4. The van der Waals surface area contributed by atoms with E-state index in [2.05, 4.69) is 10.1 Å². The molecule has 1 heterocycles. The molecule has 0 bridgehead atoms. The monoisotopic (exact) mass is 556 g/mol. The van der Waals surface area contributed by atoms with E-state index in [1.54, 1.807) is 30.3 Å². The molecule has 2 aromatic rings. The molecule has 0 spiro atoms. The summed E-state index contributed by atoms with van der Waals surface area (Å²) < 4.78 is 51.1. The summed E-state index contributed by atoms with van der Waals surface area (Å²) in [4.78, 5) is 39.0. The fraction of sp³-hybridized carbons (Fsp3) is 0.222. The number of nitriles is 1. The number of methoxy groups -OCH3 is 2. The number of benzene rings is 2. The first kappa shape index (κ1) is 29.4. The molecule has 0 aliphatic carbocycles. The predicted octanol–water partition coefficient (Wildman–Crippen LogP) is 3.26. The Morgan fingerprint density at radius 2 is 1.82 bits per heavy atom. The minimum Gasteiger partial charge on any atom is -0.468 e. The highest BCUT2D eigenvalue weighted by Crippen LogP contribution is 2.34. The van der Waals surface area contributed by atoms with Gasteiger partial charge in [0.05, 0.1) is 37.1 Å². The Kier molecular flexibility index (Phi) is 8.95. The largest absolute Gasteiger partial charge is 0.468 e. The number of halogens is 3. The Morgan fingerprint density at radius 3 is 2.40 bits per heavy atom. The van der Waals surface area contributed by atoms with Crippen LogP contribution >= 0.6 is 0 Å². The van der Waals surface area contributed by atoms with Gasteiger partial charge < -0.3 is 14.8 Å². The number of ether oxygens (including phenoxy) is 2. The second-order valence-electron chi connectivity index (χ2n) is 8.37. The van der Waals surface area contributed by atoms with E-state index in [1.165, 1.54) is 19.1 Å². The van der Waals surface area contributed by atoms with Crippen molar-refractivity contribution in [1.82, 2.24) is 10.2 Å². The summed E-state index contributed by atoms with van der Waals surface area (Å²) in [5.74, 6) is -1.99. The van der Waals surface area contributed by atoms with Gasteiger partial charge in [0, 0.05) is 0 Å². The fourth-order valence-electron chi connectivity index (χ4n) is 4.00. The van der Waals surface area contributed by atoms with Crippen LogP contribution in [0.4, 0.5) is 23.7 Å². The molecule has 10 nitrogen and oxygen atoms in total. The third-order valence-corrected chi connectivity index (χ3v) is 5.95. The van der Waals surface area contributed by atoms with Crippen LogP contribution in [-0.2, 0) is 25.2 Å². The highest BCUT2D eigenvalue weighted by Gasteiger charge is 2.45. The van der Waals surface area contributed by atoms with Crippen molar-refractivity contribution in [2.75, 3.05) is 20.8 Å². The zero-order chi connectivity index (χ0) is 29.6. The van der Waals surface area contributed by atoms with Crippen LogP contribution in [-0.4, -0.2) is 60.2 Å². The molecule has 0 fully saturated rings. The van der Waals surface area contributed by atoms with E-state index in [-0.39, 0.29) is 22.9 Å². The van der Waals surface area contributed by atoms with Crippen molar-refractivity contribution in [2.24, 2.45) is 5.73 Å². The molecule has 1 atom stereocenters. The first-order valence-corrected chi connectivity index (χ1v) is 11.6. The van der Waals surface area contributed by atoms with Crippen molar-refractivity contribution in [2.45, 2.75) is 19.1 Å². The summed E-state index contributed by atoms with van der Waals surface area (Å²) in [5, 5.41) is 11.4. The SMILES string of the molecule is COC(=O)CNC(=O)N1C(N)=[N+](c2cccc(C(F)(F)F)c2)C(C)=C(C(=O)OC)C1/C=C/c1ccc(C#N)cc1. The second kappa shape index (κ2) is 12.2. The summed E-state index contributed by atoms with van der Waals surface area (Å²) >= 11 is 0. The van der Waals surface area contributed by atoms with E-state index in [4.69, 9.17) is 15.7 Å². The number of hydrogen-bond acceptors (Lipinski definition) is 7. The number of carbonyl (C=O) groups excluding carboxylic acids is 3. The number of rotatable bonds is 6. The maximum absolute atomic E-state index is 13.5. The standard InChI is InChI=1S/C27H24F3N5O5/c1-16-23(24(37)40-3)21(12-11-17-7-9-18(14-31)10-8-17)35(26(38)33-15-22(36)39-2)25(32)34(16)20-6-4-5-19(13-20)27(28,29)30/h4-13,21,32H,15H2,1-3H3,(H,33,38)/p+1/b12-11+. The topological polar surface area (TPSA) is 138 Å². The van der Waals surface area contributed by atoms with E-state index in [0.29, 0.717) is 11.1 Å². The molecule has 0 aromatic heterocycles. The van der Waals surface area contributed by atoms with Crippen molar-refractivity contribution >= 4 is 35.7 Å². The number of nitrogens with two attached hydrogens (primary N) is 1. The van der Waals surface area contributed by atoms with Gasteiger partial charge in [-0.15, -0.1) is 0 Å². The minimum absolute atomic E-state index is 0.0773. The maximum atomic E-state index is 13.5. The molecule has 0 saturated heterocycles. The number of allylic oxidation sites excluding steroid dienone is 1. The van der Waals surface area contributed by atoms with Crippen molar-refractivity contribution in [3.63, 3.8) is 0 Å². The Labute approximate surface area is 227 Å². The molecule has 40 heavy (non-hydrogen) atoms. The molecule has 0 radical (unpaired) electrons. The highest BCUT2D eigenvalue weighted by atomic mass is 19.4. The highest BCUT2D eigenvalue weighted by molar-refractivity contribution is 6.01. The summed E-state index contributed by atoms with van der Waals surface area (Å²) in [7, 11) is 2.23. The lowest BCUT2D eigenvalue weighted by Gasteiger charge is -2.31. The number of carbonyl (C=O) groups is 3. The average Bonchev–Trinajstić information content (AvgIpc) is 2.94. The van der Waals surface area contributed by atoms with Crippen LogP contribution < -0.4 is 11.1 Å². The van der Waals surface area contributed by atoms with Crippen LogP contribution in [0.3, 0.4) is 0 Å². The van der Waals surface area contributed by atoms with E-state index < -0.39 is 42.3 Å². The number of guanidine groups is 1. The molecule has 1 unspecified atom stereocenters. The maximum Gasteiger partial charge on any atom is 0.416 e. The van der Waals surface area contributed by atoms with Gasteiger partial charge in [0.15, 0.2) is 0 Å². The Balaban J connectivity index is 2.23. The molecule has 0 saturated carbocycles. The third kappa shape index (κ3) is 6.29. The molecular formula is C27H25F3N5O5+. The number of amides is 2. The molecule has 1 aliphatic heterocycles. The first-order chi connectivity index (χ1) is 18.9. The van der Waals surface area contributed by atoms with Gasteiger partial charge >= 0.3 is 30.1 Å². The Hall–Kier alpha value is -5.12. The lowest BCUT2D eigenvalue weighted by Crippen LogP contribution is -2.59. The van der Waals surface area contributed by atoms with Crippen molar-refractivity contribution in [3.05, 3.63) is 82.6 Å². The first-order valence-electron chi connectivity index (χ1n) is 11.6. The van der Waals surface area contributed by atoms with Crippen molar-refractivity contribution < 1.29 is 41.6 Å². The van der Waals surface area contributed by atoms with Crippen LogP contribution in [0.5, 0.6) is 0 Å². The zero-order valence-electron chi connectivity index (χ0n) is 21.7. The minimum atomic E-state index is -4.67. The van der Waals surface area contributed by atoms with Gasteiger partial charge in [-0.2, -0.15) is 23.3 Å². The molecule has 1 aliphatic rings. The van der Waals surface area contributed by atoms with Crippen LogP contribution in [0.2, 0.25) is 0 Å². The molecule has 13 heteroatoms. The average molecular weight is 557 g/mol. The molecule has 208 valence electrons. The zero-order valence-corrected chi connectivity index (χ0v) is 21.7. The van der Waals surface area contributed by atoms with Crippen LogP contribution in [0.25, 0.3) is 6.08 Å². The van der Waals surface area contributed by atoms with Gasteiger partial charge in [0.25, 0.3) is 0 Å². The van der Waals surface area contributed by atoms with Gasteiger partial charge in [-0.1, -0.05) is 24.3 Å². The number of nitrogens with one attached hydrogen (secondary N) is 1. The van der Waals surface area contributed by atoms with Gasteiger partial charge in [-0.3, -0.25) is 10.5 Å². The van der Waals surface area contributed by atoms with E-state index in [9.17, 15) is 27.6 Å². The Bertz CT molecular complexity index is 1460. The van der Waals surface area contributed by atoms with Gasteiger partial charge in [-0.25, -0.2) is 14.2 Å². The quantitative estimate of drug-likeness (QED) is 0.412. The van der Waals surface area contributed by atoms with Gasteiger partial charge in [-0.05, 0) is 48.9 Å². The molecule has 2 amide bonds. The molecular weight excluding hydrogens is 531 g/mol. The van der Waals surface area contributed by atoms with Crippen molar-refractivity contribution in [1.29, 1.82) is 5.26 Å². The fourth-order valence-corrected chi connectivity index (χ4v) is 4.00. The third-order valence-electron chi connectivity index (χ3n) is 5.95. The second-order valence-corrected chi connectivity index (χ2v) is 8.37. The van der Waals surface area contributed by atoms with Gasteiger partial charge in [0.2, 0.25) is 0 Å². The normalized spacial score (nSPS) is 15.6. The summed E-state index contributed by atoms with van der Waals surface area (Å²) in [6.45, 7) is 0.899. The Morgan fingerprint density at radius 1 is 1.15 bits per heavy atom. The van der Waals surface area contributed by atoms with E-state index in [0.717, 1.165) is 41.9 Å². The lowest BCUT2D eigenvalue weighted by atomic mass is 9.99. The number of hydrogen-bond donors (Lipinski definition) is 2. The number of alkyl halides is 3. The van der Waals surface area contributed by atoms with Crippen LogP contribution in [0.15, 0.2) is 65.9 Å². The molecule has 3 N–H and O–H groups in total. The summed E-state index contributed by atoms with van der Waals surface area (Å²) in [5.41, 5.74) is 6.37. The number of urea groups is 1. The smallest absolute Gasteiger partial charge is 0.416 e. The van der Waals surface area contributed by atoms with E-state index >= 15 is 0 Å². The number of nitrogens with zero attached hydrogens (tertiary/aromatic N) is 3. The summed E-state index contributed by atoms with van der Waals surface area (Å²) in [6.07, 6.45) is -1.64. The predicted molar refractivity (Wildman–Crippen MR) is 137 cm³/mol. The number of esters is 2. The van der Waals surface area contributed by atoms with E-state index in [1.807, 2.05) is 6.07 Å². The van der Waals surface area contributed by atoms with Crippen molar-refractivity contribution in [3.8, 4) is 6.07 Å². The van der Waals surface area contributed by atoms with Crippen LogP contribution in [0, 0.1) is 11.3 Å². The van der Waals surface area contributed by atoms with Gasteiger partial charge in [0.1, 0.15) is 23.8 Å². The van der Waals surface area contributed by atoms with Crippen LogP contribution in [0.1, 0.15) is 23.6 Å². The lowest BCUT2D eigenvalue weighted by molar-refractivity contribution is -0.395. The molecule has 2 aromatic carbocycles.